The van der Waals surface area contributed by atoms with Crippen LogP contribution in [0.5, 0.6) is 0 Å². The number of aromatic nitrogens is 2. The highest BCUT2D eigenvalue weighted by molar-refractivity contribution is 5.95. The molecule has 172 valence electrons. The number of carbonyl (C=O) groups excluding carboxylic acids is 2. The molecule has 1 fully saturated rings. The molecule has 1 aliphatic rings. The molecule has 0 radical (unpaired) electrons. The van der Waals surface area contributed by atoms with E-state index >= 15 is 0 Å². The molecule has 0 atom stereocenters. The number of hydrogen-bond acceptors (Lipinski definition) is 4. The molecule has 1 aromatic heterocycles. The fourth-order valence-electron chi connectivity index (χ4n) is 4.32. The Kier molecular flexibility index (Phi) is 6.60. The average Bonchev–Trinajstić information content (AvgIpc) is 3.14. The third-order valence-corrected chi connectivity index (χ3v) is 6.14. The van der Waals surface area contributed by atoms with Crippen LogP contribution >= 0.6 is 0 Å². The second-order valence-corrected chi connectivity index (χ2v) is 8.77. The first-order valence-electron chi connectivity index (χ1n) is 11.3. The van der Waals surface area contributed by atoms with Crippen LogP contribution in [0.25, 0.3) is 5.69 Å². The number of para-hydroxylation sites is 1. The number of anilines is 1. The predicted molar refractivity (Wildman–Crippen MR) is 130 cm³/mol. The first-order chi connectivity index (χ1) is 15.8. The van der Waals surface area contributed by atoms with Crippen molar-refractivity contribution in [2.45, 2.75) is 27.7 Å². The number of hydrogen-bond donors (Lipinski definition) is 1. The van der Waals surface area contributed by atoms with Crippen molar-refractivity contribution in [3.05, 3.63) is 76.6 Å². The Morgan fingerprint density at radius 1 is 0.909 bits per heavy atom. The molecule has 0 aliphatic carbocycles. The molecule has 4 rings (SSSR count). The summed E-state index contributed by atoms with van der Waals surface area (Å²) in [6.45, 7) is 10.9. The van der Waals surface area contributed by atoms with Gasteiger partial charge in [0.2, 0.25) is 5.91 Å². The van der Waals surface area contributed by atoms with Crippen molar-refractivity contribution < 1.29 is 9.59 Å². The molecule has 0 spiro atoms. The number of nitrogens with zero attached hydrogens (tertiary/aromatic N) is 4. The van der Waals surface area contributed by atoms with Gasteiger partial charge in [-0.2, -0.15) is 5.10 Å². The van der Waals surface area contributed by atoms with Crippen LogP contribution in [0, 0.1) is 27.7 Å². The van der Waals surface area contributed by atoms with E-state index in [1.54, 1.807) is 0 Å². The van der Waals surface area contributed by atoms with Crippen molar-refractivity contribution >= 4 is 17.5 Å². The highest BCUT2D eigenvalue weighted by Gasteiger charge is 2.23. The van der Waals surface area contributed by atoms with Crippen molar-refractivity contribution in [2.75, 3.05) is 38.0 Å². The number of benzene rings is 2. The molecule has 2 amide bonds. The first-order valence-corrected chi connectivity index (χ1v) is 11.3. The van der Waals surface area contributed by atoms with E-state index in [0.29, 0.717) is 38.3 Å². The Balaban J connectivity index is 1.31. The minimum atomic E-state index is -0.0214. The standard InChI is InChI=1S/C26H31N5O2/c1-18-6-5-7-19(2)25(18)27-24(32)17-29-12-14-30(15-13-29)26(33)22-8-10-23(11-9-22)31-21(4)16-20(3)28-31/h5-11,16H,12-15,17H2,1-4H3,(H,27,32). The molecule has 3 aromatic rings. The minimum absolute atomic E-state index is 0.0214. The molecular weight excluding hydrogens is 414 g/mol. The van der Waals surface area contributed by atoms with E-state index in [1.807, 2.05) is 85.8 Å². The highest BCUT2D eigenvalue weighted by atomic mass is 16.2. The molecule has 0 bridgehead atoms. The Labute approximate surface area is 195 Å². The van der Waals surface area contributed by atoms with Gasteiger partial charge in [-0.1, -0.05) is 18.2 Å². The number of piperazine rings is 1. The number of amides is 2. The summed E-state index contributed by atoms with van der Waals surface area (Å²) in [5, 5.41) is 7.54. The first kappa shape index (κ1) is 22.7. The van der Waals surface area contributed by atoms with Gasteiger partial charge in [-0.3, -0.25) is 14.5 Å². The fraction of sp³-hybridized carbons (Fsp3) is 0.346. The average molecular weight is 446 g/mol. The van der Waals surface area contributed by atoms with Crippen molar-refractivity contribution in [2.24, 2.45) is 0 Å². The molecule has 7 nitrogen and oxygen atoms in total. The van der Waals surface area contributed by atoms with Gasteiger partial charge in [-0.25, -0.2) is 4.68 Å². The number of carbonyl (C=O) groups is 2. The van der Waals surface area contributed by atoms with Crippen LogP contribution in [0.15, 0.2) is 48.5 Å². The van der Waals surface area contributed by atoms with Crippen molar-refractivity contribution in [1.29, 1.82) is 0 Å². The molecular formula is C26H31N5O2. The summed E-state index contributed by atoms with van der Waals surface area (Å²) in [5.41, 5.74) is 6.64. The summed E-state index contributed by atoms with van der Waals surface area (Å²) in [6, 6.07) is 15.6. The lowest BCUT2D eigenvalue weighted by Gasteiger charge is -2.34. The lowest BCUT2D eigenvalue weighted by molar-refractivity contribution is -0.117. The summed E-state index contributed by atoms with van der Waals surface area (Å²) in [6.07, 6.45) is 0. The lowest BCUT2D eigenvalue weighted by atomic mass is 10.1. The number of rotatable bonds is 5. The molecule has 7 heteroatoms. The summed E-state index contributed by atoms with van der Waals surface area (Å²) in [7, 11) is 0. The molecule has 1 aliphatic heterocycles. The van der Waals surface area contributed by atoms with Gasteiger partial charge >= 0.3 is 0 Å². The zero-order valence-corrected chi connectivity index (χ0v) is 19.8. The van der Waals surface area contributed by atoms with Gasteiger partial charge in [-0.05, 0) is 69.2 Å². The SMILES string of the molecule is Cc1cc(C)n(-c2ccc(C(=O)N3CCN(CC(=O)Nc4c(C)cccc4C)CC3)cc2)n1. The maximum absolute atomic E-state index is 13.0. The minimum Gasteiger partial charge on any atom is -0.336 e. The van der Waals surface area contributed by atoms with Gasteiger partial charge < -0.3 is 10.2 Å². The van der Waals surface area contributed by atoms with Gasteiger partial charge in [0.1, 0.15) is 0 Å². The van der Waals surface area contributed by atoms with Crippen molar-refractivity contribution in [3.63, 3.8) is 0 Å². The maximum Gasteiger partial charge on any atom is 0.253 e. The van der Waals surface area contributed by atoms with Gasteiger partial charge in [0.25, 0.3) is 5.91 Å². The summed E-state index contributed by atoms with van der Waals surface area (Å²) >= 11 is 0. The summed E-state index contributed by atoms with van der Waals surface area (Å²) in [4.78, 5) is 29.5. The van der Waals surface area contributed by atoms with E-state index in [2.05, 4.69) is 15.3 Å². The zero-order chi connectivity index (χ0) is 23.5. The highest BCUT2D eigenvalue weighted by Crippen LogP contribution is 2.19. The molecule has 2 heterocycles. The van der Waals surface area contributed by atoms with Crippen LogP contribution < -0.4 is 5.32 Å². The van der Waals surface area contributed by atoms with Crippen LogP contribution in [0.1, 0.15) is 32.9 Å². The van der Waals surface area contributed by atoms with Crippen LogP contribution in [0.2, 0.25) is 0 Å². The van der Waals surface area contributed by atoms with Gasteiger partial charge in [-0.15, -0.1) is 0 Å². The Morgan fingerprint density at radius 2 is 1.55 bits per heavy atom. The fourth-order valence-corrected chi connectivity index (χ4v) is 4.32. The topological polar surface area (TPSA) is 70.5 Å². The zero-order valence-electron chi connectivity index (χ0n) is 19.8. The molecule has 33 heavy (non-hydrogen) atoms. The van der Waals surface area contributed by atoms with Crippen LogP contribution in [0.4, 0.5) is 5.69 Å². The number of nitrogens with one attached hydrogen (secondary N) is 1. The van der Waals surface area contributed by atoms with E-state index in [4.69, 9.17) is 0 Å². The Morgan fingerprint density at radius 3 is 2.12 bits per heavy atom. The van der Waals surface area contributed by atoms with E-state index < -0.39 is 0 Å². The van der Waals surface area contributed by atoms with Crippen LogP contribution in [-0.2, 0) is 4.79 Å². The summed E-state index contributed by atoms with van der Waals surface area (Å²) in [5.74, 6) is 0.00136. The van der Waals surface area contributed by atoms with E-state index in [1.165, 1.54) is 0 Å². The smallest absolute Gasteiger partial charge is 0.253 e. The second-order valence-electron chi connectivity index (χ2n) is 8.77. The molecule has 1 N–H and O–H groups in total. The maximum atomic E-state index is 13.0. The van der Waals surface area contributed by atoms with E-state index in [-0.39, 0.29) is 11.8 Å². The van der Waals surface area contributed by atoms with E-state index in [9.17, 15) is 9.59 Å². The predicted octanol–water partition coefficient (Wildman–Crippen LogP) is 3.50. The van der Waals surface area contributed by atoms with E-state index in [0.717, 1.165) is 33.9 Å². The second kappa shape index (κ2) is 9.58. The van der Waals surface area contributed by atoms with Crippen LogP contribution in [-0.4, -0.2) is 64.1 Å². The van der Waals surface area contributed by atoms with Crippen molar-refractivity contribution in [1.82, 2.24) is 19.6 Å². The van der Waals surface area contributed by atoms with Gasteiger partial charge in [0, 0.05) is 43.1 Å². The third kappa shape index (κ3) is 5.14. The lowest BCUT2D eigenvalue weighted by Crippen LogP contribution is -2.50. The largest absolute Gasteiger partial charge is 0.336 e. The van der Waals surface area contributed by atoms with Gasteiger partial charge in [0.05, 0.1) is 17.9 Å². The summed E-state index contributed by atoms with van der Waals surface area (Å²) < 4.78 is 1.88. The normalized spacial score (nSPS) is 14.4. The molecule has 0 unspecified atom stereocenters. The quantitative estimate of drug-likeness (QED) is 0.653. The Hall–Kier alpha value is -3.45. The van der Waals surface area contributed by atoms with Gasteiger partial charge in [0.15, 0.2) is 0 Å². The molecule has 2 aromatic carbocycles. The Bertz CT molecular complexity index is 1140. The molecule has 1 saturated heterocycles. The van der Waals surface area contributed by atoms with Crippen LogP contribution in [0.3, 0.4) is 0 Å². The third-order valence-electron chi connectivity index (χ3n) is 6.14. The molecule has 0 saturated carbocycles. The van der Waals surface area contributed by atoms with Crippen molar-refractivity contribution in [3.8, 4) is 5.69 Å². The monoisotopic (exact) mass is 445 g/mol. The number of aryl methyl sites for hydroxylation is 4.